The number of aliphatic carboxylic acids is 1. The Labute approximate surface area is 93.1 Å². The molecule has 0 amide bonds. The normalized spacial score (nSPS) is 10.7. The fourth-order valence-corrected chi connectivity index (χ4v) is 1.09. The first-order valence-electron chi connectivity index (χ1n) is 4.19. The lowest BCUT2D eigenvalue weighted by atomic mass is 10.1. The van der Waals surface area contributed by atoms with Crippen molar-refractivity contribution in [2.45, 2.75) is 12.8 Å². The van der Waals surface area contributed by atoms with Crippen LogP contribution in [0.15, 0.2) is 12.3 Å². The zero-order chi connectivity index (χ0) is 13.1. The van der Waals surface area contributed by atoms with E-state index >= 15 is 0 Å². The summed E-state index contributed by atoms with van der Waals surface area (Å²) in [5.74, 6) is -2.07. The van der Waals surface area contributed by atoms with Crippen LogP contribution >= 0.6 is 0 Å². The number of nitriles is 1. The average molecular weight is 246 g/mol. The van der Waals surface area contributed by atoms with Crippen LogP contribution < -0.4 is 4.74 Å². The fourth-order valence-electron chi connectivity index (χ4n) is 1.09. The molecule has 0 unspecified atom stereocenters. The summed E-state index contributed by atoms with van der Waals surface area (Å²) in [5, 5.41) is 17.2. The van der Waals surface area contributed by atoms with E-state index in [1.807, 2.05) is 0 Å². The molecule has 0 saturated carbocycles. The van der Waals surface area contributed by atoms with Crippen molar-refractivity contribution in [3.05, 3.63) is 23.5 Å². The molecular weight excluding hydrogens is 241 g/mol. The fraction of sp³-hybridized carbons (Fsp3) is 0.222. The molecule has 5 nitrogen and oxygen atoms in total. The van der Waals surface area contributed by atoms with Crippen LogP contribution in [0.1, 0.15) is 11.3 Å². The molecule has 1 heterocycles. The van der Waals surface area contributed by atoms with Gasteiger partial charge in [0.2, 0.25) is 0 Å². The van der Waals surface area contributed by atoms with Crippen molar-refractivity contribution in [3.8, 4) is 11.8 Å². The molecule has 0 fully saturated rings. The molecule has 1 N–H and O–H groups in total. The Kier molecular flexibility index (Phi) is 3.52. The maximum absolute atomic E-state index is 12.0. The van der Waals surface area contributed by atoms with Gasteiger partial charge in [-0.25, -0.2) is 0 Å². The zero-order valence-electron chi connectivity index (χ0n) is 8.15. The molecule has 1 aromatic heterocycles. The third-order valence-electron chi connectivity index (χ3n) is 1.65. The van der Waals surface area contributed by atoms with Crippen LogP contribution in [0.2, 0.25) is 0 Å². The molecule has 0 aliphatic rings. The molecule has 0 aromatic carbocycles. The van der Waals surface area contributed by atoms with Crippen LogP contribution in [0.4, 0.5) is 13.2 Å². The Bertz CT molecular complexity index is 479. The number of aromatic nitrogens is 1. The van der Waals surface area contributed by atoms with Crippen LogP contribution in [0.5, 0.6) is 5.75 Å². The smallest absolute Gasteiger partial charge is 0.481 e. The van der Waals surface area contributed by atoms with E-state index in [0.717, 1.165) is 12.3 Å². The predicted molar refractivity (Wildman–Crippen MR) is 47.0 cm³/mol. The lowest BCUT2D eigenvalue weighted by Crippen LogP contribution is -2.18. The van der Waals surface area contributed by atoms with Gasteiger partial charge in [0, 0.05) is 12.3 Å². The van der Waals surface area contributed by atoms with E-state index in [4.69, 9.17) is 10.4 Å². The molecule has 0 saturated heterocycles. The number of halogens is 3. The van der Waals surface area contributed by atoms with E-state index in [0.29, 0.717) is 0 Å². The molecule has 0 aliphatic carbocycles. The maximum Gasteiger partial charge on any atom is 0.573 e. The van der Waals surface area contributed by atoms with Gasteiger partial charge in [0.05, 0.1) is 12.1 Å². The molecule has 0 spiro atoms. The van der Waals surface area contributed by atoms with Gasteiger partial charge in [-0.15, -0.1) is 13.2 Å². The van der Waals surface area contributed by atoms with Gasteiger partial charge in [-0.05, 0) is 0 Å². The standard InChI is InChI=1S/C9H5F3N2O3/c10-9(11,12)17-7-1-2-14-6(3-8(15)16)5(7)4-13/h1-2H,3H2,(H,15,16). The van der Waals surface area contributed by atoms with Gasteiger partial charge in [-0.1, -0.05) is 0 Å². The lowest BCUT2D eigenvalue weighted by Gasteiger charge is -2.11. The van der Waals surface area contributed by atoms with Crippen LogP contribution in [0, 0.1) is 11.3 Å². The number of hydrogen-bond acceptors (Lipinski definition) is 4. The van der Waals surface area contributed by atoms with Crippen molar-refractivity contribution in [2.24, 2.45) is 0 Å². The number of alkyl halides is 3. The highest BCUT2D eigenvalue weighted by molar-refractivity contribution is 5.71. The van der Waals surface area contributed by atoms with Crippen molar-refractivity contribution in [1.82, 2.24) is 4.98 Å². The van der Waals surface area contributed by atoms with Crippen molar-refractivity contribution in [1.29, 1.82) is 5.26 Å². The number of ether oxygens (including phenoxy) is 1. The second-order valence-corrected chi connectivity index (χ2v) is 2.86. The van der Waals surface area contributed by atoms with Gasteiger partial charge in [0.1, 0.15) is 11.6 Å². The summed E-state index contributed by atoms with van der Waals surface area (Å²) in [6.45, 7) is 0. The predicted octanol–water partition coefficient (Wildman–Crippen LogP) is 1.48. The van der Waals surface area contributed by atoms with Gasteiger partial charge in [-0.3, -0.25) is 9.78 Å². The molecule has 0 aliphatic heterocycles. The van der Waals surface area contributed by atoms with Gasteiger partial charge >= 0.3 is 12.3 Å². The minimum absolute atomic E-state index is 0.276. The summed E-state index contributed by atoms with van der Waals surface area (Å²) in [7, 11) is 0. The first kappa shape index (κ1) is 12.8. The number of carboxylic acid groups (broad SMARTS) is 1. The highest BCUT2D eigenvalue weighted by atomic mass is 19.4. The van der Waals surface area contributed by atoms with E-state index in [9.17, 15) is 18.0 Å². The van der Waals surface area contributed by atoms with Crippen LogP contribution in [-0.2, 0) is 11.2 Å². The number of nitrogens with zero attached hydrogens (tertiary/aromatic N) is 2. The summed E-state index contributed by atoms with van der Waals surface area (Å²) in [6.07, 6.45) is -4.66. The lowest BCUT2D eigenvalue weighted by molar-refractivity contribution is -0.274. The minimum Gasteiger partial charge on any atom is -0.481 e. The quantitative estimate of drug-likeness (QED) is 0.873. The molecule has 0 radical (unpaired) electrons. The monoisotopic (exact) mass is 246 g/mol. The highest BCUT2D eigenvalue weighted by Gasteiger charge is 2.32. The molecule has 8 heteroatoms. The van der Waals surface area contributed by atoms with Gasteiger partial charge in [0.25, 0.3) is 0 Å². The largest absolute Gasteiger partial charge is 0.573 e. The topological polar surface area (TPSA) is 83.2 Å². The highest BCUT2D eigenvalue weighted by Crippen LogP contribution is 2.27. The Morgan fingerprint density at radius 2 is 2.24 bits per heavy atom. The average Bonchev–Trinajstić information content (AvgIpc) is 2.14. The van der Waals surface area contributed by atoms with E-state index < -0.39 is 30.1 Å². The Morgan fingerprint density at radius 3 is 2.71 bits per heavy atom. The van der Waals surface area contributed by atoms with Gasteiger partial charge in [0.15, 0.2) is 5.75 Å². The number of pyridine rings is 1. The van der Waals surface area contributed by atoms with Crippen molar-refractivity contribution in [2.75, 3.05) is 0 Å². The molecule has 17 heavy (non-hydrogen) atoms. The number of rotatable bonds is 3. The summed E-state index contributed by atoms with van der Waals surface area (Å²) in [5.41, 5.74) is -0.811. The summed E-state index contributed by atoms with van der Waals surface area (Å²) < 4.78 is 39.5. The second kappa shape index (κ2) is 4.69. The molecule has 1 aromatic rings. The SMILES string of the molecule is N#Cc1c(OC(F)(F)F)ccnc1CC(=O)O. The number of carbonyl (C=O) groups is 1. The molecular formula is C9H5F3N2O3. The first-order valence-corrected chi connectivity index (χ1v) is 4.19. The first-order chi connectivity index (χ1) is 7.83. The maximum atomic E-state index is 12.0. The van der Waals surface area contributed by atoms with Crippen LogP contribution in [-0.4, -0.2) is 22.4 Å². The molecule has 0 bridgehead atoms. The Balaban J connectivity index is 3.15. The van der Waals surface area contributed by atoms with Crippen LogP contribution in [0.3, 0.4) is 0 Å². The van der Waals surface area contributed by atoms with Gasteiger partial charge in [-0.2, -0.15) is 5.26 Å². The van der Waals surface area contributed by atoms with E-state index in [2.05, 4.69) is 9.72 Å². The Hall–Kier alpha value is -2.30. The zero-order valence-corrected chi connectivity index (χ0v) is 8.15. The summed E-state index contributed by atoms with van der Waals surface area (Å²) in [4.78, 5) is 14.0. The Morgan fingerprint density at radius 1 is 1.59 bits per heavy atom. The van der Waals surface area contributed by atoms with Gasteiger partial charge < -0.3 is 9.84 Å². The second-order valence-electron chi connectivity index (χ2n) is 2.86. The number of carboxylic acids is 1. The van der Waals surface area contributed by atoms with E-state index in [1.165, 1.54) is 6.07 Å². The minimum atomic E-state index is -4.95. The van der Waals surface area contributed by atoms with Crippen molar-refractivity contribution < 1.29 is 27.8 Å². The molecule has 1 rings (SSSR count). The van der Waals surface area contributed by atoms with Crippen LogP contribution in [0.25, 0.3) is 0 Å². The van der Waals surface area contributed by atoms with Crippen molar-refractivity contribution >= 4 is 5.97 Å². The van der Waals surface area contributed by atoms with Crippen molar-refractivity contribution in [3.63, 3.8) is 0 Å². The number of hydrogen-bond donors (Lipinski definition) is 1. The third kappa shape index (κ3) is 3.64. The van der Waals surface area contributed by atoms with E-state index in [1.54, 1.807) is 0 Å². The third-order valence-corrected chi connectivity index (χ3v) is 1.65. The summed E-state index contributed by atoms with van der Waals surface area (Å²) >= 11 is 0. The van der Waals surface area contributed by atoms with E-state index in [-0.39, 0.29) is 5.69 Å². The molecule has 0 atom stereocenters. The summed E-state index contributed by atoms with van der Waals surface area (Å²) in [6, 6.07) is 2.29. The molecule has 90 valence electrons.